The summed E-state index contributed by atoms with van der Waals surface area (Å²) in [4.78, 5) is 0. The molecular formula is C35H48NO2PSi2. The van der Waals surface area contributed by atoms with Gasteiger partial charge >= 0.3 is 8.16 Å². The van der Waals surface area contributed by atoms with Crippen molar-refractivity contribution < 1.29 is 8.39 Å². The molecule has 0 aliphatic carbocycles. The maximum absolute atomic E-state index is 7.35. The highest BCUT2D eigenvalue weighted by Crippen LogP contribution is 2.43. The zero-order chi connectivity index (χ0) is 29.5. The van der Waals surface area contributed by atoms with Gasteiger partial charge in [0.05, 0.1) is 16.1 Å². The van der Waals surface area contributed by atoms with E-state index in [1.807, 2.05) is 0 Å². The van der Waals surface area contributed by atoms with Crippen molar-refractivity contribution in [2.24, 2.45) is 0 Å². The zero-order valence-corrected chi connectivity index (χ0v) is 29.5. The van der Waals surface area contributed by atoms with Crippen LogP contribution in [0.3, 0.4) is 0 Å². The van der Waals surface area contributed by atoms with E-state index >= 15 is 0 Å². The Bertz CT molecular complexity index is 1630. The molecule has 5 aromatic rings. The molecule has 0 saturated carbocycles. The Labute approximate surface area is 249 Å². The summed E-state index contributed by atoms with van der Waals surface area (Å²) in [6.45, 7) is 22.2. The molecular weight excluding hydrogens is 554 g/mol. The van der Waals surface area contributed by atoms with E-state index in [2.05, 4.69) is 127 Å². The molecule has 4 aromatic carbocycles. The van der Waals surface area contributed by atoms with Crippen molar-refractivity contribution in [2.75, 3.05) is 11.2 Å². The minimum Gasteiger partial charge on any atom is -0.408 e. The number of rotatable bonds is 9. The van der Waals surface area contributed by atoms with E-state index < -0.39 is 24.3 Å². The topological polar surface area (TPSA) is 29.5 Å². The highest BCUT2D eigenvalue weighted by atomic mass is 31.1. The van der Waals surface area contributed by atoms with Gasteiger partial charge in [0, 0.05) is 23.4 Å². The first kappa shape index (κ1) is 30.2. The van der Waals surface area contributed by atoms with Crippen LogP contribution in [0.5, 0.6) is 0 Å². The maximum atomic E-state index is 7.35. The largest absolute Gasteiger partial charge is 0.408 e. The van der Waals surface area contributed by atoms with Gasteiger partial charge in [-0.15, -0.1) is 0 Å². The second kappa shape index (κ2) is 11.8. The van der Waals surface area contributed by atoms with Crippen LogP contribution in [-0.2, 0) is 0 Å². The SMILES string of the molecule is CCN(C(C)C)p1oc2c([Si](C)(CC)CC)cc3ccccc3c2c2c(o1)c([Si](C)(CC)CC)cc1ccccc12. The summed E-state index contributed by atoms with van der Waals surface area (Å²) in [7, 11) is -5.01. The third kappa shape index (κ3) is 5.03. The molecule has 41 heavy (non-hydrogen) atoms. The average Bonchev–Trinajstić information content (AvgIpc) is 3.17. The van der Waals surface area contributed by atoms with Crippen molar-refractivity contribution in [3.8, 4) is 0 Å². The molecule has 0 fully saturated rings. The first-order valence-electron chi connectivity index (χ1n) is 15.7. The predicted octanol–water partition coefficient (Wildman–Crippen LogP) is 10.6. The van der Waals surface area contributed by atoms with Crippen LogP contribution in [0.2, 0.25) is 37.3 Å². The Balaban J connectivity index is 2.23. The highest BCUT2D eigenvalue weighted by molar-refractivity contribution is 7.39. The van der Waals surface area contributed by atoms with Crippen LogP contribution in [0.1, 0.15) is 48.5 Å². The molecule has 0 N–H and O–H groups in total. The van der Waals surface area contributed by atoms with E-state index in [1.165, 1.54) is 66.9 Å². The summed E-state index contributed by atoms with van der Waals surface area (Å²) < 4.78 is 17.1. The van der Waals surface area contributed by atoms with Crippen molar-refractivity contribution in [1.29, 1.82) is 0 Å². The van der Waals surface area contributed by atoms with E-state index in [-0.39, 0.29) is 0 Å². The quantitative estimate of drug-likeness (QED) is 0.157. The van der Waals surface area contributed by atoms with Gasteiger partial charge in [0.1, 0.15) is 11.2 Å². The Kier molecular flexibility index (Phi) is 8.65. The van der Waals surface area contributed by atoms with Crippen molar-refractivity contribution in [3.05, 3.63) is 60.7 Å². The molecule has 0 unspecified atom stereocenters. The van der Waals surface area contributed by atoms with Gasteiger partial charge in [-0.05, 0) is 45.8 Å². The summed E-state index contributed by atoms with van der Waals surface area (Å²) in [5.41, 5.74) is 2.17. The van der Waals surface area contributed by atoms with Gasteiger partial charge in [0.2, 0.25) is 0 Å². The Morgan fingerprint density at radius 3 is 1.39 bits per heavy atom. The molecule has 0 aliphatic rings. The number of fused-ring (bicyclic) bond motifs is 7. The first-order chi connectivity index (χ1) is 19.7. The molecule has 1 heterocycles. The van der Waals surface area contributed by atoms with Crippen LogP contribution in [-0.4, -0.2) is 28.7 Å². The average molecular weight is 602 g/mol. The molecule has 5 rings (SSSR count). The van der Waals surface area contributed by atoms with Crippen LogP contribution in [0.15, 0.2) is 69.1 Å². The van der Waals surface area contributed by atoms with Gasteiger partial charge in [-0.1, -0.05) is 133 Å². The molecule has 0 amide bonds. The standard InChI is InChI=1S/C35H48NO2PSi2/c1-10-36(25(6)7)39-37-34-30(40(8,11-2)12-3)23-26-19-15-17-21-28(26)32(34)33-29-22-18-16-20-27(29)24-31(35(33)38-39)41(9,13-4)14-5/h15-25H,10-14H2,1-9H3. The first-order valence-corrected chi connectivity index (χ1v) is 22.7. The molecule has 0 saturated heterocycles. The smallest absolute Gasteiger partial charge is 0.309 e. The molecule has 218 valence electrons. The van der Waals surface area contributed by atoms with Gasteiger partial charge in [-0.25, -0.2) is 4.67 Å². The van der Waals surface area contributed by atoms with Crippen molar-refractivity contribution >= 4 is 78.2 Å². The molecule has 0 spiro atoms. The van der Waals surface area contributed by atoms with E-state index in [4.69, 9.17) is 8.39 Å². The van der Waals surface area contributed by atoms with Crippen molar-refractivity contribution in [2.45, 2.75) is 91.8 Å². The highest BCUT2D eigenvalue weighted by Gasteiger charge is 2.33. The normalized spacial score (nSPS) is 13.0. The van der Waals surface area contributed by atoms with Gasteiger partial charge in [-0.3, -0.25) is 0 Å². The lowest BCUT2D eigenvalue weighted by molar-refractivity contribution is 0.606. The van der Waals surface area contributed by atoms with Crippen LogP contribution in [0.4, 0.5) is 0 Å². The van der Waals surface area contributed by atoms with Crippen LogP contribution >= 0.6 is 8.16 Å². The molecule has 0 radical (unpaired) electrons. The number of benzene rings is 4. The minimum atomic E-state index is -1.83. The summed E-state index contributed by atoms with van der Waals surface area (Å²) in [5.74, 6) is 0. The lowest BCUT2D eigenvalue weighted by Gasteiger charge is -2.27. The Morgan fingerprint density at radius 2 is 1.05 bits per heavy atom. The van der Waals surface area contributed by atoms with E-state index in [0.29, 0.717) is 6.04 Å². The van der Waals surface area contributed by atoms with Crippen LogP contribution < -0.4 is 15.0 Å². The summed E-state index contributed by atoms with van der Waals surface area (Å²) >= 11 is 0. The van der Waals surface area contributed by atoms with Crippen LogP contribution in [0.25, 0.3) is 43.5 Å². The molecule has 0 atom stereocenters. The molecule has 1 aromatic heterocycles. The summed E-state index contributed by atoms with van der Waals surface area (Å²) in [5, 5.41) is 10.5. The monoisotopic (exact) mass is 601 g/mol. The molecule has 0 bridgehead atoms. The third-order valence-electron chi connectivity index (χ3n) is 10.1. The fourth-order valence-corrected chi connectivity index (χ4v) is 13.1. The molecule has 3 nitrogen and oxygen atoms in total. The van der Waals surface area contributed by atoms with Crippen molar-refractivity contribution in [3.63, 3.8) is 0 Å². The van der Waals surface area contributed by atoms with Gasteiger partial charge in [0.15, 0.2) is 0 Å². The molecule has 0 aliphatic heterocycles. The van der Waals surface area contributed by atoms with Crippen LogP contribution in [0, 0.1) is 0 Å². The lowest BCUT2D eigenvalue weighted by atomic mass is 9.98. The lowest BCUT2D eigenvalue weighted by Crippen LogP contribution is -2.43. The second-order valence-electron chi connectivity index (χ2n) is 12.5. The van der Waals surface area contributed by atoms with E-state index in [0.717, 1.165) is 17.7 Å². The van der Waals surface area contributed by atoms with Gasteiger partial charge in [-0.2, -0.15) is 0 Å². The number of nitrogens with zero attached hydrogens (tertiary/aromatic N) is 1. The maximum Gasteiger partial charge on any atom is 0.309 e. The summed E-state index contributed by atoms with van der Waals surface area (Å²) in [6, 6.07) is 27.9. The summed E-state index contributed by atoms with van der Waals surface area (Å²) in [6.07, 6.45) is 0. The molecule has 6 heteroatoms. The second-order valence-corrected chi connectivity index (χ2v) is 24.0. The van der Waals surface area contributed by atoms with Gasteiger partial charge in [0.25, 0.3) is 0 Å². The van der Waals surface area contributed by atoms with E-state index in [9.17, 15) is 0 Å². The third-order valence-corrected chi connectivity index (χ3v) is 21.6. The van der Waals surface area contributed by atoms with E-state index in [1.54, 1.807) is 0 Å². The van der Waals surface area contributed by atoms with Crippen molar-refractivity contribution in [1.82, 2.24) is 0 Å². The minimum absolute atomic E-state index is 0.311. The Hall–Kier alpha value is -2.31. The fourth-order valence-electron chi connectivity index (χ4n) is 6.45. The predicted molar refractivity (Wildman–Crippen MR) is 190 cm³/mol. The Morgan fingerprint density at radius 1 is 0.659 bits per heavy atom. The zero-order valence-electron chi connectivity index (χ0n) is 26.6. The van der Waals surface area contributed by atoms with Gasteiger partial charge < -0.3 is 8.39 Å². The number of hydrogen-bond donors (Lipinski definition) is 0. The number of hydrogen-bond acceptors (Lipinski definition) is 3. The fraction of sp³-hybridized carbons (Fsp3) is 0.429.